The van der Waals surface area contributed by atoms with Gasteiger partial charge in [-0.2, -0.15) is 0 Å². The molecule has 2 heterocycles. The first-order chi connectivity index (χ1) is 13.8. The molecule has 1 aromatic carbocycles. The van der Waals surface area contributed by atoms with Crippen LogP contribution in [-0.4, -0.2) is 59.8 Å². The summed E-state index contributed by atoms with van der Waals surface area (Å²) in [6, 6.07) is 10.1. The number of nitrogens with one attached hydrogen (secondary N) is 1. The molecular formula is C22H27N3O4. The van der Waals surface area contributed by atoms with E-state index in [1.165, 1.54) is 6.92 Å². The van der Waals surface area contributed by atoms with E-state index in [4.69, 9.17) is 4.74 Å². The predicted molar refractivity (Wildman–Crippen MR) is 110 cm³/mol. The topological polar surface area (TPSA) is 82.7 Å². The molecule has 1 amide bonds. The van der Waals surface area contributed by atoms with Gasteiger partial charge in [0.15, 0.2) is 11.9 Å². The number of hydrogen-bond donors (Lipinski definition) is 1. The van der Waals surface area contributed by atoms with E-state index in [1.807, 2.05) is 18.2 Å². The van der Waals surface area contributed by atoms with Gasteiger partial charge < -0.3 is 19.5 Å². The maximum Gasteiger partial charge on any atom is 0.355 e. The fraction of sp³-hybridized carbons (Fsp3) is 0.409. The van der Waals surface area contributed by atoms with Gasteiger partial charge in [0.05, 0.1) is 0 Å². The van der Waals surface area contributed by atoms with Crippen LogP contribution in [0.4, 0.5) is 5.69 Å². The highest BCUT2D eigenvalue weighted by molar-refractivity contribution is 6.01. The number of aromatic nitrogens is 1. The normalized spacial score (nSPS) is 15.2. The zero-order valence-corrected chi connectivity index (χ0v) is 17.3. The number of anilines is 1. The van der Waals surface area contributed by atoms with Crippen molar-refractivity contribution < 1.29 is 19.1 Å². The molecule has 154 valence electrons. The third-order valence-electron chi connectivity index (χ3n) is 5.34. The summed E-state index contributed by atoms with van der Waals surface area (Å²) in [5, 5.41) is 0. The van der Waals surface area contributed by atoms with Gasteiger partial charge in [0.25, 0.3) is 5.91 Å². The van der Waals surface area contributed by atoms with Crippen molar-refractivity contribution in [1.82, 2.24) is 9.88 Å². The summed E-state index contributed by atoms with van der Waals surface area (Å²) in [6.45, 7) is 9.09. The number of piperazine rings is 1. The lowest BCUT2D eigenvalue weighted by Gasteiger charge is -2.37. The van der Waals surface area contributed by atoms with Gasteiger partial charge in [0, 0.05) is 43.1 Å². The van der Waals surface area contributed by atoms with E-state index >= 15 is 0 Å². The van der Waals surface area contributed by atoms with Gasteiger partial charge in [0.2, 0.25) is 0 Å². The number of carbonyl (C=O) groups excluding carboxylic acids is 3. The number of nitrogens with zero attached hydrogens (tertiary/aromatic N) is 2. The number of H-pyrrole nitrogens is 1. The molecule has 0 saturated carbocycles. The number of amides is 1. The molecule has 29 heavy (non-hydrogen) atoms. The number of benzene rings is 1. The summed E-state index contributed by atoms with van der Waals surface area (Å²) in [7, 11) is 0. The van der Waals surface area contributed by atoms with Crippen molar-refractivity contribution in [3.8, 4) is 0 Å². The second-order valence-electron chi connectivity index (χ2n) is 7.38. The number of hydrogen-bond acceptors (Lipinski definition) is 5. The molecule has 7 nitrogen and oxygen atoms in total. The average Bonchev–Trinajstić information content (AvgIpc) is 3.02. The molecule has 2 aromatic rings. The minimum atomic E-state index is -0.894. The molecule has 1 N–H and O–H groups in total. The quantitative estimate of drug-likeness (QED) is 0.620. The van der Waals surface area contributed by atoms with E-state index in [0.29, 0.717) is 29.9 Å². The largest absolute Gasteiger partial charge is 0.448 e. The monoisotopic (exact) mass is 397 g/mol. The Morgan fingerprint density at radius 2 is 1.66 bits per heavy atom. The first kappa shape index (κ1) is 20.6. The standard InChI is InChI=1S/C22H27N3O4/c1-14-19(16(3)26)15(2)23-20(14)22(28)29-17(4)21(27)25-12-10-24(11-13-25)18-8-6-5-7-9-18/h5-9,17,23H,10-13H2,1-4H3/t17-/m1/s1. The molecular weight excluding hydrogens is 370 g/mol. The summed E-state index contributed by atoms with van der Waals surface area (Å²) >= 11 is 0. The van der Waals surface area contributed by atoms with Crippen molar-refractivity contribution in [2.75, 3.05) is 31.1 Å². The predicted octanol–water partition coefficient (Wildman–Crippen LogP) is 2.73. The number of aryl methyl sites for hydroxylation is 1. The van der Waals surface area contributed by atoms with Gasteiger partial charge in [-0.05, 0) is 45.4 Å². The van der Waals surface area contributed by atoms with E-state index in [0.717, 1.165) is 18.8 Å². The number of Topliss-reactive ketones (excluding diaryl/α,β-unsaturated/α-hetero) is 1. The van der Waals surface area contributed by atoms with Crippen LogP contribution in [0.5, 0.6) is 0 Å². The highest BCUT2D eigenvalue weighted by Crippen LogP contribution is 2.20. The van der Waals surface area contributed by atoms with E-state index in [-0.39, 0.29) is 17.4 Å². The fourth-order valence-electron chi connectivity index (χ4n) is 3.83. The first-order valence-electron chi connectivity index (χ1n) is 9.79. The number of rotatable bonds is 5. The van der Waals surface area contributed by atoms with Crippen LogP contribution in [0.1, 0.15) is 46.0 Å². The number of ketones is 1. The minimum absolute atomic E-state index is 0.115. The Kier molecular flexibility index (Phi) is 6.06. The van der Waals surface area contributed by atoms with Gasteiger partial charge in [-0.15, -0.1) is 0 Å². The second kappa shape index (κ2) is 8.51. The first-order valence-corrected chi connectivity index (χ1v) is 9.79. The fourth-order valence-corrected chi connectivity index (χ4v) is 3.83. The molecule has 1 saturated heterocycles. The van der Waals surface area contributed by atoms with Crippen molar-refractivity contribution in [3.05, 3.63) is 52.8 Å². The molecule has 7 heteroatoms. The van der Waals surface area contributed by atoms with Crippen molar-refractivity contribution in [3.63, 3.8) is 0 Å². The molecule has 0 unspecified atom stereocenters. The van der Waals surface area contributed by atoms with Crippen LogP contribution in [0.15, 0.2) is 30.3 Å². The Balaban J connectivity index is 1.59. The number of aromatic amines is 1. The highest BCUT2D eigenvalue weighted by Gasteiger charge is 2.29. The zero-order valence-electron chi connectivity index (χ0n) is 17.3. The zero-order chi connectivity index (χ0) is 21.1. The van der Waals surface area contributed by atoms with E-state index in [2.05, 4.69) is 22.0 Å². The number of para-hydroxylation sites is 1. The van der Waals surface area contributed by atoms with Crippen LogP contribution in [-0.2, 0) is 9.53 Å². The molecule has 1 fully saturated rings. The van der Waals surface area contributed by atoms with Crippen LogP contribution in [0.25, 0.3) is 0 Å². The summed E-state index contributed by atoms with van der Waals surface area (Å²) in [5.41, 5.74) is 3.03. The molecule has 1 aliphatic heterocycles. The lowest BCUT2D eigenvalue weighted by molar-refractivity contribution is -0.140. The van der Waals surface area contributed by atoms with Gasteiger partial charge in [0.1, 0.15) is 5.69 Å². The van der Waals surface area contributed by atoms with E-state index in [9.17, 15) is 14.4 Å². The molecule has 0 bridgehead atoms. The van der Waals surface area contributed by atoms with Gasteiger partial charge >= 0.3 is 5.97 Å². The Morgan fingerprint density at radius 3 is 2.21 bits per heavy atom. The summed E-state index contributed by atoms with van der Waals surface area (Å²) < 4.78 is 5.41. The average molecular weight is 397 g/mol. The lowest BCUT2D eigenvalue weighted by Crippen LogP contribution is -2.51. The summed E-state index contributed by atoms with van der Waals surface area (Å²) in [6.07, 6.45) is -0.894. The number of esters is 1. The van der Waals surface area contributed by atoms with Crippen LogP contribution in [0.3, 0.4) is 0 Å². The lowest BCUT2D eigenvalue weighted by atomic mass is 10.1. The van der Waals surface area contributed by atoms with Crippen molar-refractivity contribution >= 4 is 23.3 Å². The van der Waals surface area contributed by atoms with Gasteiger partial charge in [-0.1, -0.05) is 18.2 Å². The Bertz CT molecular complexity index is 912. The number of ether oxygens (including phenoxy) is 1. The van der Waals surface area contributed by atoms with Crippen molar-refractivity contribution in [2.24, 2.45) is 0 Å². The molecule has 0 aliphatic carbocycles. The minimum Gasteiger partial charge on any atom is -0.448 e. The van der Waals surface area contributed by atoms with Crippen LogP contribution >= 0.6 is 0 Å². The van der Waals surface area contributed by atoms with Gasteiger partial charge in [-0.25, -0.2) is 4.79 Å². The smallest absolute Gasteiger partial charge is 0.355 e. The molecule has 0 spiro atoms. The summed E-state index contributed by atoms with van der Waals surface area (Å²) in [5.74, 6) is -0.948. The molecule has 3 rings (SSSR count). The Labute approximate surface area is 170 Å². The van der Waals surface area contributed by atoms with E-state index in [1.54, 1.807) is 25.7 Å². The van der Waals surface area contributed by atoms with Crippen LogP contribution < -0.4 is 4.90 Å². The molecule has 1 atom stereocenters. The van der Waals surface area contributed by atoms with Crippen LogP contribution in [0, 0.1) is 13.8 Å². The third-order valence-corrected chi connectivity index (χ3v) is 5.34. The molecule has 1 aromatic heterocycles. The van der Waals surface area contributed by atoms with E-state index < -0.39 is 12.1 Å². The van der Waals surface area contributed by atoms with Gasteiger partial charge in [-0.3, -0.25) is 9.59 Å². The second-order valence-corrected chi connectivity index (χ2v) is 7.38. The third kappa shape index (κ3) is 4.34. The SMILES string of the molecule is CC(=O)c1c(C)[nH]c(C(=O)O[C@H](C)C(=O)N2CCN(c3ccccc3)CC2)c1C. The summed E-state index contributed by atoms with van der Waals surface area (Å²) in [4.78, 5) is 43.9. The Hall–Kier alpha value is -3.09. The maximum absolute atomic E-state index is 12.7. The Morgan fingerprint density at radius 1 is 1.03 bits per heavy atom. The molecule has 0 radical (unpaired) electrons. The highest BCUT2D eigenvalue weighted by atomic mass is 16.5. The van der Waals surface area contributed by atoms with Crippen molar-refractivity contribution in [2.45, 2.75) is 33.8 Å². The van der Waals surface area contributed by atoms with Crippen molar-refractivity contribution in [1.29, 1.82) is 0 Å². The molecule has 1 aliphatic rings. The van der Waals surface area contributed by atoms with Crippen LogP contribution in [0.2, 0.25) is 0 Å². The number of carbonyl (C=O) groups is 3. The maximum atomic E-state index is 12.7.